The lowest BCUT2D eigenvalue weighted by molar-refractivity contribution is -0.111. The Labute approximate surface area is 148 Å². The number of hydrogen-bond acceptors (Lipinski definition) is 4. The lowest BCUT2D eigenvalue weighted by Gasteiger charge is -2.03. The number of nitrogens with zero attached hydrogens (tertiary/aromatic N) is 1. The van der Waals surface area contributed by atoms with Crippen LogP contribution < -0.4 is 10.1 Å². The van der Waals surface area contributed by atoms with Crippen LogP contribution in [0, 0.1) is 5.82 Å². The summed E-state index contributed by atoms with van der Waals surface area (Å²) in [7, 11) is 1.41. The lowest BCUT2D eigenvalue weighted by atomic mass is 10.1. The molecule has 0 aliphatic heterocycles. The highest BCUT2D eigenvalue weighted by atomic mass is 32.1. The fourth-order valence-corrected chi connectivity index (χ4v) is 2.90. The van der Waals surface area contributed by atoms with Crippen LogP contribution in [-0.4, -0.2) is 18.0 Å². The van der Waals surface area contributed by atoms with E-state index in [2.05, 4.69) is 10.3 Å². The number of nitrogens with one attached hydrogen (secondary N) is 1. The largest absolute Gasteiger partial charge is 0.494 e. The average Bonchev–Trinajstić information content (AvgIpc) is 3.09. The number of anilines is 1. The Bertz CT molecular complexity index is 907. The van der Waals surface area contributed by atoms with Gasteiger partial charge in [-0.2, -0.15) is 0 Å². The fourth-order valence-electron chi connectivity index (χ4n) is 2.17. The third-order valence-electron chi connectivity index (χ3n) is 3.41. The zero-order valence-electron chi connectivity index (χ0n) is 13.4. The third kappa shape index (κ3) is 4.30. The molecule has 6 heteroatoms. The summed E-state index contributed by atoms with van der Waals surface area (Å²) in [5.74, 6) is -0.548. The normalized spacial score (nSPS) is 10.8. The zero-order valence-corrected chi connectivity index (χ0v) is 14.2. The summed E-state index contributed by atoms with van der Waals surface area (Å²) in [4.78, 5) is 16.3. The van der Waals surface area contributed by atoms with Gasteiger partial charge in [0.05, 0.1) is 12.8 Å². The van der Waals surface area contributed by atoms with Crippen LogP contribution in [0.3, 0.4) is 0 Å². The van der Waals surface area contributed by atoms with Crippen molar-refractivity contribution in [2.24, 2.45) is 0 Å². The molecule has 0 unspecified atom stereocenters. The Kier molecular flexibility index (Phi) is 5.20. The van der Waals surface area contributed by atoms with Crippen LogP contribution in [0.1, 0.15) is 5.56 Å². The summed E-state index contributed by atoms with van der Waals surface area (Å²) in [6.07, 6.45) is 3.17. The van der Waals surface area contributed by atoms with Crippen molar-refractivity contribution >= 4 is 28.5 Å². The molecule has 0 saturated heterocycles. The molecule has 2 aromatic carbocycles. The second-order valence-electron chi connectivity index (χ2n) is 5.12. The molecule has 0 aliphatic carbocycles. The van der Waals surface area contributed by atoms with E-state index in [-0.39, 0.29) is 11.7 Å². The number of benzene rings is 2. The zero-order chi connectivity index (χ0) is 17.6. The summed E-state index contributed by atoms with van der Waals surface area (Å²) in [5, 5.41) is 4.92. The molecule has 0 fully saturated rings. The molecule has 4 nitrogen and oxygen atoms in total. The van der Waals surface area contributed by atoms with Crippen molar-refractivity contribution in [1.82, 2.24) is 4.98 Å². The highest BCUT2D eigenvalue weighted by Crippen LogP contribution is 2.28. The van der Waals surface area contributed by atoms with E-state index in [9.17, 15) is 9.18 Å². The first-order valence-electron chi connectivity index (χ1n) is 7.49. The van der Waals surface area contributed by atoms with Crippen molar-refractivity contribution in [2.75, 3.05) is 12.4 Å². The minimum atomic E-state index is -0.454. The molecule has 0 atom stereocenters. The van der Waals surface area contributed by atoms with Crippen LogP contribution in [0.25, 0.3) is 17.3 Å². The van der Waals surface area contributed by atoms with Gasteiger partial charge < -0.3 is 4.74 Å². The van der Waals surface area contributed by atoms with Crippen LogP contribution in [0.15, 0.2) is 60.0 Å². The minimum Gasteiger partial charge on any atom is -0.494 e. The van der Waals surface area contributed by atoms with Gasteiger partial charge in [0.1, 0.15) is 0 Å². The molecular weight excluding hydrogens is 339 g/mol. The summed E-state index contributed by atoms with van der Waals surface area (Å²) >= 11 is 1.28. The van der Waals surface area contributed by atoms with Crippen LogP contribution in [0.2, 0.25) is 0 Å². The monoisotopic (exact) mass is 354 g/mol. The van der Waals surface area contributed by atoms with Crippen molar-refractivity contribution in [3.63, 3.8) is 0 Å². The van der Waals surface area contributed by atoms with Crippen LogP contribution in [-0.2, 0) is 4.79 Å². The number of ether oxygens (including phenoxy) is 1. The van der Waals surface area contributed by atoms with E-state index in [1.165, 1.54) is 30.6 Å². The molecule has 3 rings (SSSR count). The number of amides is 1. The molecular formula is C19H15FN2O2S. The first-order valence-corrected chi connectivity index (χ1v) is 8.37. The number of carbonyl (C=O) groups is 1. The van der Waals surface area contributed by atoms with Gasteiger partial charge in [0.2, 0.25) is 5.91 Å². The van der Waals surface area contributed by atoms with Gasteiger partial charge >= 0.3 is 0 Å². The van der Waals surface area contributed by atoms with Gasteiger partial charge in [-0.3, -0.25) is 10.1 Å². The molecule has 0 radical (unpaired) electrons. The second kappa shape index (κ2) is 7.72. The summed E-state index contributed by atoms with van der Waals surface area (Å²) in [6.45, 7) is 0. The van der Waals surface area contributed by atoms with Crippen LogP contribution in [0.5, 0.6) is 5.75 Å². The predicted octanol–water partition coefficient (Wildman–Crippen LogP) is 4.61. The first kappa shape index (κ1) is 16.9. The predicted molar refractivity (Wildman–Crippen MR) is 98.2 cm³/mol. The van der Waals surface area contributed by atoms with Gasteiger partial charge in [-0.05, 0) is 29.8 Å². The Hall–Kier alpha value is -2.99. The molecule has 1 aromatic heterocycles. The molecule has 1 N–H and O–H groups in total. The number of methoxy groups -OCH3 is 1. The van der Waals surface area contributed by atoms with Gasteiger partial charge in [0, 0.05) is 17.0 Å². The second-order valence-corrected chi connectivity index (χ2v) is 5.98. The average molecular weight is 354 g/mol. The van der Waals surface area contributed by atoms with E-state index < -0.39 is 5.82 Å². The standard InChI is InChI=1S/C19H15FN2O2S/c1-24-17-9-8-14(11-15(17)20)16-12-25-19(21-16)22-18(23)10-7-13-5-3-2-4-6-13/h2-12H,1H3,(H,21,22,23)/b10-7+. The van der Waals surface area contributed by atoms with E-state index in [0.717, 1.165) is 5.56 Å². The molecule has 3 aromatic rings. The maximum Gasteiger partial charge on any atom is 0.250 e. The Morgan fingerprint density at radius 3 is 2.76 bits per heavy atom. The number of halogens is 1. The van der Waals surface area contributed by atoms with Crippen molar-refractivity contribution in [1.29, 1.82) is 0 Å². The Morgan fingerprint density at radius 1 is 1.24 bits per heavy atom. The van der Waals surface area contributed by atoms with Gasteiger partial charge in [-0.25, -0.2) is 9.37 Å². The quantitative estimate of drug-likeness (QED) is 0.681. The van der Waals surface area contributed by atoms with E-state index in [4.69, 9.17) is 4.74 Å². The van der Waals surface area contributed by atoms with Crippen molar-refractivity contribution < 1.29 is 13.9 Å². The van der Waals surface area contributed by atoms with Crippen LogP contribution in [0.4, 0.5) is 9.52 Å². The molecule has 0 aliphatic rings. The smallest absolute Gasteiger partial charge is 0.250 e. The molecule has 0 saturated carbocycles. The van der Waals surface area contributed by atoms with E-state index in [0.29, 0.717) is 16.4 Å². The highest BCUT2D eigenvalue weighted by Gasteiger charge is 2.09. The van der Waals surface area contributed by atoms with Crippen LogP contribution >= 0.6 is 11.3 Å². The van der Waals surface area contributed by atoms with Crippen molar-refractivity contribution in [2.45, 2.75) is 0 Å². The molecule has 25 heavy (non-hydrogen) atoms. The maximum absolute atomic E-state index is 13.8. The number of thiazole rings is 1. The molecule has 0 bridgehead atoms. The molecule has 0 spiro atoms. The Balaban J connectivity index is 1.68. The first-order chi connectivity index (χ1) is 12.2. The van der Waals surface area contributed by atoms with E-state index in [1.54, 1.807) is 23.6 Å². The SMILES string of the molecule is COc1ccc(-c2csc(NC(=O)/C=C/c3ccccc3)n2)cc1F. The number of aromatic nitrogens is 1. The Morgan fingerprint density at radius 2 is 2.04 bits per heavy atom. The number of carbonyl (C=O) groups excluding carboxylic acids is 1. The third-order valence-corrected chi connectivity index (χ3v) is 4.17. The van der Waals surface area contributed by atoms with Gasteiger partial charge in [-0.15, -0.1) is 11.3 Å². The van der Waals surface area contributed by atoms with Gasteiger partial charge in [0.25, 0.3) is 0 Å². The van der Waals surface area contributed by atoms with Gasteiger partial charge in [-0.1, -0.05) is 30.3 Å². The van der Waals surface area contributed by atoms with Crippen molar-refractivity contribution in [3.8, 4) is 17.0 Å². The lowest BCUT2D eigenvalue weighted by Crippen LogP contribution is -2.07. The molecule has 126 valence electrons. The number of rotatable bonds is 5. The van der Waals surface area contributed by atoms with Crippen molar-refractivity contribution in [3.05, 3.63) is 71.4 Å². The fraction of sp³-hybridized carbons (Fsp3) is 0.0526. The molecule has 1 amide bonds. The van der Waals surface area contributed by atoms with E-state index >= 15 is 0 Å². The highest BCUT2D eigenvalue weighted by molar-refractivity contribution is 7.14. The minimum absolute atomic E-state index is 0.179. The summed E-state index contributed by atoms with van der Waals surface area (Å²) in [6, 6.07) is 14.2. The topological polar surface area (TPSA) is 51.2 Å². The number of hydrogen-bond donors (Lipinski definition) is 1. The summed E-state index contributed by atoms with van der Waals surface area (Å²) < 4.78 is 18.7. The maximum atomic E-state index is 13.8. The summed E-state index contributed by atoms with van der Waals surface area (Å²) in [5.41, 5.74) is 2.15. The molecule has 1 heterocycles. The van der Waals surface area contributed by atoms with Gasteiger partial charge in [0.15, 0.2) is 16.7 Å². The van der Waals surface area contributed by atoms with E-state index in [1.807, 2.05) is 30.3 Å².